The van der Waals surface area contributed by atoms with Crippen molar-refractivity contribution in [2.24, 2.45) is 0 Å². The predicted octanol–water partition coefficient (Wildman–Crippen LogP) is 0.702. The molecule has 0 bridgehead atoms. The minimum absolute atomic E-state index is 0.0761. The molecule has 18 heavy (non-hydrogen) atoms. The van der Waals surface area contributed by atoms with E-state index in [4.69, 9.17) is 0 Å². The van der Waals surface area contributed by atoms with Crippen molar-refractivity contribution in [3.05, 3.63) is 44.0 Å². The van der Waals surface area contributed by atoms with Gasteiger partial charge in [0.2, 0.25) is 0 Å². The zero-order valence-electron chi connectivity index (χ0n) is 10.1. The Morgan fingerprint density at radius 3 is 3.22 bits per heavy atom. The van der Waals surface area contributed by atoms with E-state index < -0.39 is 0 Å². The second kappa shape index (κ2) is 4.62. The summed E-state index contributed by atoms with van der Waals surface area (Å²) in [6.45, 7) is 4.02. The molecule has 0 atom stereocenters. The van der Waals surface area contributed by atoms with Gasteiger partial charge in [0.1, 0.15) is 0 Å². The van der Waals surface area contributed by atoms with Crippen LogP contribution in [0, 0.1) is 6.92 Å². The molecular weight excluding hydrogens is 248 g/mol. The van der Waals surface area contributed by atoms with Crippen molar-refractivity contribution in [3.8, 4) is 0 Å². The summed E-state index contributed by atoms with van der Waals surface area (Å²) < 4.78 is 1.65. The van der Waals surface area contributed by atoms with E-state index in [2.05, 4.69) is 15.3 Å². The predicted molar refractivity (Wildman–Crippen MR) is 69.9 cm³/mol. The Morgan fingerprint density at radius 1 is 1.56 bits per heavy atom. The second-order valence-corrected chi connectivity index (χ2v) is 5.45. The Hall–Kier alpha value is -1.53. The Labute approximate surface area is 109 Å². The zero-order chi connectivity index (χ0) is 12.5. The molecule has 6 heteroatoms. The van der Waals surface area contributed by atoms with E-state index in [1.54, 1.807) is 22.2 Å². The first kappa shape index (κ1) is 11.6. The van der Waals surface area contributed by atoms with Gasteiger partial charge in [-0.15, -0.1) is 11.3 Å². The molecule has 0 aliphatic carbocycles. The lowest BCUT2D eigenvalue weighted by Gasteiger charge is -2.16. The van der Waals surface area contributed by atoms with Gasteiger partial charge in [0.25, 0.3) is 5.56 Å². The first-order valence-electron chi connectivity index (χ1n) is 5.93. The number of rotatable bonds is 2. The fraction of sp³-hybridized carbons (Fsp3) is 0.417. The van der Waals surface area contributed by atoms with Gasteiger partial charge >= 0.3 is 0 Å². The van der Waals surface area contributed by atoms with Crippen molar-refractivity contribution in [1.29, 1.82) is 0 Å². The summed E-state index contributed by atoms with van der Waals surface area (Å²) in [5, 5.41) is 6.23. The average Bonchev–Trinajstić information content (AvgIpc) is 2.79. The number of nitrogens with zero attached hydrogens (tertiary/aromatic N) is 3. The summed E-state index contributed by atoms with van der Waals surface area (Å²) in [6, 6.07) is 0. The lowest BCUT2D eigenvalue weighted by Crippen LogP contribution is -2.34. The number of fused-ring (bicyclic) bond motifs is 1. The fourth-order valence-corrected chi connectivity index (χ4v) is 2.76. The molecule has 0 saturated carbocycles. The van der Waals surface area contributed by atoms with Crippen molar-refractivity contribution in [3.63, 3.8) is 0 Å². The topological polar surface area (TPSA) is 59.8 Å². The van der Waals surface area contributed by atoms with Gasteiger partial charge in [-0.05, 0) is 19.9 Å². The average molecular weight is 262 g/mol. The number of hydrogen-bond acceptors (Lipinski definition) is 5. The van der Waals surface area contributed by atoms with Crippen LogP contribution in [0.25, 0.3) is 0 Å². The van der Waals surface area contributed by atoms with Crippen molar-refractivity contribution < 1.29 is 0 Å². The summed E-state index contributed by atoms with van der Waals surface area (Å²) >= 11 is 1.60. The maximum absolute atomic E-state index is 12.3. The minimum Gasteiger partial charge on any atom is -0.311 e. The molecule has 0 spiro atoms. The van der Waals surface area contributed by atoms with Gasteiger partial charge in [-0.1, -0.05) is 0 Å². The van der Waals surface area contributed by atoms with Crippen LogP contribution in [0.4, 0.5) is 0 Å². The van der Waals surface area contributed by atoms with Crippen LogP contribution in [0.3, 0.4) is 0 Å². The molecule has 0 aromatic carbocycles. The van der Waals surface area contributed by atoms with E-state index >= 15 is 0 Å². The lowest BCUT2D eigenvalue weighted by atomic mass is 10.1. The van der Waals surface area contributed by atoms with E-state index in [0.717, 1.165) is 34.9 Å². The molecule has 2 aromatic rings. The highest BCUT2D eigenvalue weighted by molar-refractivity contribution is 7.09. The molecule has 0 radical (unpaired) electrons. The molecule has 0 amide bonds. The summed E-state index contributed by atoms with van der Waals surface area (Å²) in [5.74, 6) is 0. The highest BCUT2D eigenvalue weighted by atomic mass is 32.1. The van der Waals surface area contributed by atoms with Gasteiger partial charge in [-0.2, -0.15) is 0 Å². The first-order chi connectivity index (χ1) is 8.74. The summed E-state index contributed by atoms with van der Waals surface area (Å²) in [4.78, 5) is 21.0. The standard InChI is InChI=1S/C12H14N4OS/c1-8-15-9(6-18-8)5-16-7-14-11-4-13-3-2-10(11)12(16)17/h6-7,13H,2-5H2,1H3. The molecule has 0 unspecified atom stereocenters. The molecule has 0 saturated heterocycles. The van der Waals surface area contributed by atoms with Crippen LogP contribution in [0.5, 0.6) is 0 Å². The monoisotopic (exact) mass is 262 g/mol. The second-order valence-electron chi connectivity index (χ2n) is 4.39. The van der Waals surface area contributed by atoms with Crippen LogP contribution < -0.4 is 10.9 Å². The van der Waals surface area contributed by atoms with Gasteiger partial charge in [0.05, 0.1) is 29.3 Å². The Bertz CT molecular complexity index is 631. The lowest BCUT2D eigenvalue weighted by molar-refractivity contribution is 0.594. The maximum atomic E-state index is 12.3. The van der Waals surface area contributed by atoms with Gasteiger partial charge in [-0.3, -0.25) is 9.36 Å². The van der Waals surface area contributed by atoms with Gasteiger partial charge in [0, 0.05) is 17.5 Å². The molecule has 3 heterocycles. The normalized spacial score (nSPS) is 14.5. The Balaban J connectivity index is 1.96. The van der Waals surface area contributed by atoms with Crippen LogP contribution in [0.15, 0.2) is 16.5 Å². The van der Waals surface area contributed by atoms with Crippen LogP contribution in [-0.2, 0) is 19.5 Å². The smallest absolute Gasteiger partial charge is 0.257 e. The third-order valence-electron chi connectivity index (χ3n) is 3.06. The van der Waals surface area contributed by atoms with Crippen LogP contribution >= 0.6 is 11.3 Å². The van der Waals surface area contributed by atoms with Crippen LogP contribution in [-0.4, -0.2) is 21.1 Å². The molecule has 5 nitrogen and oxygen atoms in total. The molecule has 0 fully saturated rings. The SMILES string of the molecule is Cc1nc(Cn2cnc3c(c2=O)CCNC3)cs1. The fourth-order valence-electron chi connectivity index (χ4n) is 2.16. The highest BCUT2D eigenvalue weighted by Crippen LogP contribution is 2.10. The van der Waals surface area contributed by atoms with Gasteiger partial charge < -0.3 is 5.32 Å². The molecule has 1 N–H and O–H groups in total. The first-order valence-corrected chi connectivity index (χ1v) is 6.81. The van der Waals surface area contributed by atoms with E-state index in [1.165, 1.54) is 0 Å². The Morgan fingerprint density at radius 2 is 2.44 bits per heavy atom. The molecule has 1 aliphatic heterocycles. The minimum atomic E-state index is 0.0761. The van der Waals surface area contributed by atoms with Crippen molar-refractivity contribution in [2.75, 3.05) is 6.54 Å². The van der Waals surface area contributed by atoms with Crippen molar-refractivity contribution in [2.45, 2.75) is 26.4 Å². The third-order valence-corrected chi connectivity index (χ3v) is 3.89. The van der Waals surface area contributed by atoms with Gasteiger partial charge in [-0.25, -0.2) is 9.97 Å². The van der Waals surface area contributed by atoms with Crippen LogP contribution in [0.2, 0.25) is 0 Å². The molecule has 1 aliphatic rings. The zero-order valence-corrected chi connectivity index (χ0v) is 11.0. The van der Waals surface area contributed by atoms with E-state index in [9.17, 15) is 4.79 Å². The summed E-state index contributed by atoms with van der Waals surface area (Å²) in [7, 11) is 0. The number of thiazole rings is 1. The third kappa shape index (κ3) is 2.09. The van der Waals surface area contributed by atoms with Crippen molar-refractivity contribution >= 4 is 11.3 Å². The molecule has 94 valence electrons. The van der Waals surface area contributed by atoms with E-state index in [0.29, 0.717) is 13.1 Å². The number of hydrogen-bond donors (Lipinski definition) is 1. The Kier molecular flexibility index (Phi) is 2.97. The number of nitrogens with one attached hydrogen (secondary N) is 1. The highest BCUT2D eigenvalue weighted by Gasteiger charge is 2.15. The van der Waals surface area contributed by atoms with E-state index in [-0.39, 0.29) is 5.56 Å². The summed E-state index contributed by atoms with van der Waals surface area (Å²) in [5.41, 5.74) is 2.74. The van der Waals surface area contributed by atoms with Gasteiger partial charge in [0.15, 0.2) is 0 Å². The number of aromatic nitrogens is 3. The quantitative estimate of drug-likeness (QED) is 0.865. The molecule has 2 aromatic heterocycles. The number of aryl methyl sites for hydroxylation is 1. The maximum Gasteiger partial charge on any atom is 0.257 e. The molecule has 3 rings (SSSR count). The summed E-state index contributed by atoms with van der Waals surface area (Å²) in [6.07, 6.45) is 2.39. The van der Waals surface area contributed by atoms with E-state index in [1.807, 2.05) is 12.3 Å². The van der Waals surface area contributed by atoms with Crippen LogP contribution in [0.1, 0.15) is 22.0 Å². The molecular formula is C12H14N4OS. The largest absolute Gasteiger partial charge is 0.311 e. The van der Waals surface area contributed by atoms with Crippen molar-refractivity contribution in [1.82, 2.24) is 19.9 Å².